The molecule has 4 rings (SSSR count). The van der Waals surface area contributed by atoms with Crippen LogP contribution in [-0.4, -0.2) is 35.7 Å². The summed E-state index contributed by atoms with van der Waals surface area (Å²) in [6.07, 6.45) is 4.12. The molecule has 0 fully saturated rings. The number of halogens is 1. The Bertz CT molecular complexity index is 1080. The van der Waals surface area contributed by atoms with Gasteiger partial charge in [0.05, 0.1) is 35.9 Å². The third-order valence-corrected chi connectivity index (χ3v) is 5.27. The lowest BCUT2D eigenvalue weighted by Crippen LogP contribution is -2.33. The number of nitrogens with zero attached hydrogens (tertiary/aromatic N) is 6. The number of fused-ring (bicyclic) bond motifs is 1. The third-order valence-electron chi connectivity index (χ3n) is 5.03. The first kappa shape index (κ1) is 19.0. The number of hydrogen-bond acceptors (Lipinski definition) is 7. The molecule has 1 aromatic carbocycles. The topological polar surface area (TPSA) is 78.2 Å². The Labute approximate surface area is 174 Å². The molecule has 29 heavy (non-hydrogen) atoms. The summed E-state index contributed by atoms with van der Waals surface area (Å²) < 4.78 is 5.14. The summed E-state index contributed by atoms with van der Waals surface area (Å²) in [5, 5.41) is 10.1. The van der Waals surface area contributed by atoms with E-state index in [1.165, 1.54) is 0 Å². The van der Waals surface area contributed by atoms with Gasteiger partial charge < -0.3 is 14.5 Å². The molecule has 0 spiro atoms. The molecule has 0 radical (unpaired) electrons. The molecule has 0 saturated carbocycles. The maximum absolute atomic E-state index is 9.52. The molecular weight excluding hydrogens is 388 g/mol. The minimum absolute atomic E-state index is 0.554. The Morgan fingerprint density at radius 2 is 2.07 bits per heavy atom. The van der Waals surface area contributed by atoms with E-state index in [0.717, 1.165) is 41.4 Å². The van der Waals surface area contributed by atoms with Gasteiger partial charge in [0.2, 0.25) is 5.88 Å². The van der Waals surface area contributed by atoms with Gasteiger partial charge in [0, 0.05) is 43.2 Å². The van der Waals surface area contributed by atoms with Gasteiger partial charge in [0.25, 0.3) is 0 Å². The van der Waals surface area contributed by atoms with Crippen LogP contribution in [0.5, 0.6) is 5.88 Å². The van der Waals surface area contributed by atoms with E-state index in [4.69, 9.17) is 16.3 Å². The second-order valence-electron chi connectivity index (χ2n) is 6.69. The normalized spacial score (nSPS) is 12.8. The lowest BCUT2D eigenvalue weighted by Gasteiger charge is -2.33. The summed E-state index contributed by atoms with van der Waals surface area (Å²) in [7, 11) is 3.54. The fourth-order valence-corrected chi connectivity index (χ4v) is 3.68. The standard InChI is InChI=1S/C21H19ClN6O/c1-27(16-4-6-20(29-2)24-11-16)21-17-12-28(8-7-18(17)25-13-26-21)19-5-3-15(22)9-14(19)10-23/h3-6,9,11,13H,7-8,12H2,1-2H3. The summed E-state index contributed by atoms with van der Waals surface area (Å²) in [5.41, 5.74) is 4.38. The minimum atomic E-state index is 0.554. The second-order valence-corrected chi connectivity index (χ2v) is 7.12. The van der Waals surface area contributed by atoms with E-state index in [0.29, 0.717) is 23.0 Å². The Morgan fingerprint density at radius 1 is 1.21 bits per heavy atom. The number of benzene rings is 1. The van der Waals surface area contributed by atoms with Crippen LogP contribution in [-0.2, 0) is 13.0 Å². The summed E-state index contributed by atoms with van der Waals surface area (Å²) in [6, 6.07) is 11.4. The zero-order chi connectivity index (χ0) is 20.4. The van der Waals surface area contributed by atoms with Gasteiger partial charge in [-0.25, -0.2) is 15.0 Å². The van der Waals surface area contributed by atoms with Crippen molar-refractivity contribution in [2.75, 3.05) is 30.5 Å². The van der Waals surface area contributed by atoms with Crippen LogP contribution in [0.2, 0.25) is 5.02 Å². The summed E-state index contributed by atoms with van der Waals surface area (Å²) in [5.74, 6) is 1.38. The third kappa shape index (κ3) is 3.67. The van der Waals surface area contributed by atoms with E-state index in [-0.39, 0.29) is 0 Å². The number of pyridine rings is 1. The quantitative estimate of drug-likeness (QED) is 0.653. The first-order valence-electron chi connectivity index (χ1n) is 9.12. The molecule has 2 aromatic heterocycles. The number of rotatable bonds is 4. The van der Waals surface area contributed by atoms with Crippen LogP contribution in [0.15, 0.2) is 42.9 Å². The van der Waals surface area contributed by atoms with Gasteiger partial charge in [-0.2, -0.15) is 5.26 Å². The van der Waals surface area contributed by atoms with Crippen molar-refractivity contribution in [1.29, 1.82) is 5.26 Å². The van der Waals surface area contributed by atoms with Crippen LogP contribution >= 0.6 is 11.6 Å². The molecule has 8 heteroatoms. The molecule has 0 amide bonds. The zero-order valence-electron chi connectivity index (χ0n) is 16.1. The number of anilines is 3. The molecule has 1 aliphatic heterocycles. The van der Waals surface area contributed by atoms with E-state index >= 15 is 0 Å². The van der Waals surface area contributed by atoms with Crippen molar-refractivity contribution in [3.8, 4) is 11.9 Å². The van der Waals surface area contributed by atoms with Crippen molar-refractivity contribution in [1.82, 2.24) is 15.0 Å². The van der Waals surface area contributed by atoms with Gasteiger partial charge >= 0.3 is 0 Å². The highest BCUT2D eigenvalue weighted by Crippen LogP contribution is 2.33. The fraction of sp³-hybridized carbons (Fsp3) is 0.238. The Balaban J connectivity index is 1.68. The predicted octanol–water partition coefficient (Wildman–Crippen LogP) is 3.74. The maximum atomic E-state index is 9.52. The molecule has 3 aromatic rings. The zero-order valence-corrected chi connectivity index (χ0v) is 16.9. The minimum Gasteiger partial charge on any atom is -0.481 e. The van der Waals surface area contributed by atoms with Gasteiger partial charge in [-0.3, -0.25) is 0 Å². The SMILES string of the molecule is COc1ccc(N(C)c2ncnc3c2CN(c2ccc(Cl)cc2C#N)CC3)cn1. The van der Waals surface area contributed by atoms with E-state index in [9.17, 15) is 5.26 Å². The second kappa shape index (κ2) is 7.94. The molecule has 0 bridgehead atoms. The van der Waals surface area contributed by atoms with E-state index in [2.05, 4.69) is 25.9 Å². The average molecular weight is 407 g/mol. The number of hydrogen-bond donors (Lipinski definition) is 0. The molecule has 0 saturated heterocycles. The Morgan fingerprint density at radius 3 is 2.79 bits per heavy atom. The fourth-order valence-electron chi connectivity index (χ4n) is 3.51. The molecule has 3 heterocycles. The highest BCUT2D eigenvalue weighted by Gasteiger charge is 2.25. The highest BCUT2D eigenvalue weighted by atomic mass is 35.5. The maximum Gasteiger partial charge on any atom is 0.213 e. The monoisotopic (exact) mass is 406 g/mol. The van der Waals surface area contributed by atoms with E-state index in [1.54, 1.807) is 25.7 Å². The summed E-state index contributed by atoms with van der Waals surface area (Å²) >= 11 is 6.06. The van der Waals surface area contributed by atoms with Gasteiger partial charge in [-0.15, -0.1) is 0 Å². The van der Waals surface area contributed by atoms with Crippen LogP contribution in [0.1, 0.15) is 16.8 Å². The van der Waals surface area contributed by atoms with Gasteiger partial charge in [0.1, 0.15) is 18.2 Å². The first-order valence-corrected chi connectivity index (χ1v) is 9.49. The highest BCUT2D eigenvalue weighted by molar-refractivity contribution is 6.30. The van der Waals surface area contributed by atoms with E-state index in [1.807, 2.05) is 36.2 Å². The smallest absolute Gasteiger partial charge is 0.213 e. The van der Waals surface area contributed by atoms with Gasteiger partial charge in [-0.05, 0) is 24.3 Å². The predicted molar refractivity (Wildman–Crippen MR) is 112 cm³/mol. The number of aromatic nitrogens is 3. The van der Waals surface area contributed by atoms with Crippen molar-refractivity contribution in [2.45, 2.75) is 13.0 Å². The Kier molecular flexibility index (Phi) is 5.19. The first-order chi connectivity index (χ1) is 14.1. The lowest BCUT2D eigenvalue weighted by molar-refractivity contribution is 0.398. The molecular formula is C21H19ClN6O. The number of methoxy groups -OCH3 is 1. The molecule has 1 aliphatic rings. The van der Waals surface area contributed by atoms with Crippen molar-refractivity contribution in [3.05, 3.63) is 64.7 Å². The summed E-state index contributed by atoms with van der Waals surface area (Å²) in [6.45, 7) is 1.38. The number of ether oxygens (including phenoxy) is 1. The van der Waals surface area contributed by atoms with Crippen LogP contribution < -0.4 is 14.5 Å². The molecule has 0 unspecified atom stereocenters. The van der Waals surface area contributed by atoms with Crippen molar-refractivity contribution in [2.24, 2.45) is 0 Å². The molecule has 7 nitrogen and oxygen atoms in total. The van der Waals surface area contributed by atoms with Gasteiger partial charge in [0.15, 0.2) is 0 Å². The van der Waals surface area contributed by atoms with Gasteiger partial charge in [-0.1, -0.05) is 11.6 Å². The Hall–Kier alpha value is -3.37. The van der Waals surface area contributed by atoms with Crippen molar-refractivity contribution in [3.63, 3.8) is 0 Å². The average Bonchev–Trinajstić information content (AvgIpc) is 2.77. The molecule has 0 aliphatic carbocycles. The molecule has 0 atom stereocenters. The number of nitriles is 1. The van der Waals surface area contributed by atoms with Crippen LogP contribution in [0.3, 0.4) is 0 Å². The largest absolute Gasteiger partial charge is 0.481 e. The lowest BCUT2D eigenvalue weighted by atomic mass is 10.0. The van der Waals surface area contributed by atoms with Crippen molar-refractivity contribution >= 4 is 28.8 Å². The van der Waals surface area contributed by atoms with Crippen LogP contribution in [0, 0.1) is 11.3 Å². The van der Waals surface area contributed by atoms with Crippen LogP contribution in [0.25, 0.3) is 0 Å². The van der Waals surface area contributed by atoms with E-state index < -0.39 is 0 Å². The molecule has 0 N–H and O–H groups in total. The van der Waals surface area contributed by atoms with Crippen LogP contribution in [0.4, 0.5) is 17.2 Å². The van der Waals surface area contributed by atoms with Crippen molar-refractivity contribution < 1.29 is 4.74 Å². The molecule has 146 valence electrons. The summed E-state index contributed by atoms with van der Waals surface area (Å²) in [4.78, 5) is 17.5.